The molecule has 0 aliphatic carbocycles. The Bertz CT molecular complexity index is 750. The molecule has 0 bridgehead atoms. The molecule has 0 spiro atoms. The van der Waals surface area contributed by atoms with Gasteiger partial charge in [-0.05, 0) is 32.9 Å². The van der Waals surface area contributed by atoms with E-state index in [1.807, 2.05) is 31.5 Å². The maximum Gasteiger partial charge on any atom is 0.192 e. The number of aryl methyl sites for hydroxylation is 2. The van der Waals surface area contributed by atoms with Crippen molar-refractivity contribution < 1.29 is 9.52 Å². The van der Waals surface area contributed by atoms with E-state index < -0.39 is 5.60 Å². The zero-order valence-electron chi connectivity index (χ0n) is 15.6. The molecule has 0 amide bonds. The lowest BCUT2D eigenvalue weighted by molar-refractivity contribution is 0.0378. The lowest BCUT2D eigenvalue weighted by Crippen LogP contribution is -2.44. The fourth-order valence-corrected chi connectivity index (χ4v) is 2.15. The van der Waals surface area contributed by atoms with Crippen molar-refractivity contribution >= 4 is 29.9 Å². The summed E-state index contributed by atoms with van der Waals surface area (Å²) in [4.78, 5) is 4.49. The number of aromatic nitrogens is 3. The Morgan fingerprint density at radius 3 is 2.65 bits per heavy atom. The van der Waals surface area contributed by atoms with Crippen molar-refractivity contribution in [1.82, 2.24) is 25.4 Å². The van der Waals surface area contributed by atoms with E-state index >= 15 is 0 Å². The van der Waals surface area contributed by atoms with Crippen LogP contribution in [0.2, 0.25) is 0 Å². The first-order chi connectivity index (χ1) is 11.8. The minimum absolute atomic E-state index is 0. The number of furan rings is 1. The topological polar surface area (TPSA) is 100 Å². The molecule has 1 unspecified atom stereocenters. The molecule has 2 aromatic heterocycles. The predicted molar refractivity (Wildman–Crippen MR) is 112 cm³/mol. The van der Waals surface area contributed by atoms with Crippen molar-refractivity contribution in [2.45, 2.75) is 32.9 Å². The molecule has 9 heteroatoms. The van der Waals surface area contributed by atoms with Crippen molar-refractivity contribution in [3.05, 3.63) is 48.0 Å². The van der Waals surface area contributed by atoms with E-state index in [4.69, 9.17) is 4.42 Å². The molecule has 2 aromatic rings. The Kier molecular flexibility index (Phi) is 8.28. The Morgan fingerprint density at radius 2 is 2.12 bits per heavy atom. The molecular weight excluding hydrogens is 447 g/mol. The normalized spacial score (nSPS) is 13.7. The highest BCUT2D eigenvalue weighted by Crippen LogP contribution is 2.21. The first kappa shape index (κ1) is 22.2. The highest BCUT2D eigenvalue weighted by atomic mass is 127. The molecular formula is C17H27IN6O2. The first-order valence-electron chi connectivity index (χ1n) is 8.10. The molecule has 26 heavy (non-hydrogen) atoms. The van der Waals surface area contributed by atoms with Crippen LogP contribution in [-0.4, -0.2) is 38.9 Å². The lowest BCUT2D eigenvalue weighted by atomic mass is 10.0. The summed E-state index contributed by atoms with van der Waals surface area (Å²) in [5, 5.41) is 25.0. The molecule has 0 radical (unpaired) electrons. The van der Waals surface area contributed by atoms with Crippen LogP contribution in [0.1, 0.15) is 30.1 Å². The minimum atomic E-state index is -1.16. The number of aliphatic imine (C=N–C) groups is 1. The van der Waals surface area contributed by atoms with Crippen molar-refractivity contribution in [1.29, 1.82) is 0 Å². The summed E-state index contributed by atoms with van der Waals surface area (Å²) < 4.78 is 7.41. The van der Waals surface area contributed by atoms with Gasteiger partial charge in [0.15, 0.2) is 11.8 Å². The van der Waals surface area contributed by atoms with Gasteiger partial charge in [0.25, 0.3) is 0 Å². The molecule has 0 saturated carbocycles. The molecule has 1 atom stereocenters. The van der Waals surface area contributed by atoms with Crippen LogP contribution in [0.5, 0.6) is 0 Å². The van der Waals surface area contributed by atoms with Crippen LogP contribution in [0.25, 0.3) is 0 Å². The van der Waals surface area contributed by atoms with Crippen LogP contribution in [0.3, 0.4) is 0 Å². The minimum Gasteiger partial charge on any atom is -0.463 e. The number of nitrogens with one attached hydrogen (secondary N) is 2. The van der Waals surface area contributed by atoms with Crippen molar-refractivity contribution in [2.24, 2.45) is 12.0 Å². The molecule has 0 saturated heterocycles. The summed E-state index contributed by atoms with van der Waals surface area (Å²) in [7, 11) is 1.90. The average Bonchev–Trinajstić information content (AvgIpc) is 3.15. The molecule has 2 rings (SSSR count). The van der Waals surface area contributed by atoms with Gasteiger partial charge in [-0.15, -0.1) is 40.8 Å². The van der Waals surface area contributed by atoms with Gasteiger partial charge in [-0.2, -0.15) is 0 Å². The third kappa shape index (κ3) is 5.84. The maximum atomic E-state index is 10.6. The van der Waals surface area contributed by atoms with E-state index in [2.05, 4.69) is 32.4 Å². The number of nitrogens with zero attached hydrogens (tertiary/aromatic N) is 4. The molecule has 0 aliphatic rings. The van der Waals surface area contributed by atoms with E-state index in [-0.39, 0.29) is 30.5 Å². The quantitative estimate of drug-likeness (QED) is 0.245. The predicted octanol–water partition coefficient (Wildman–Crippen LogP) is 1.77. The Hall–Kier alpha value is -1.88. The molecule has 0 fully saturated rings. The number of aliphatic hydroxyl groups is 1. The molecule has 144 valence electrons. The van der Waals surface area contributed by atoms with Crippen LogP contribution >= 0.6 is 24.0 Å². The molecule has 3 N–H and O–H groups in total. The summed E-state index contributed by atoms with van der Waals surface area (Å²) >= 11 is 0. The lowest BCUT2D eigenvalue weighted by Gasteiger charge is -2.22. The van der Waals surface area contributed by atoms with Gasteiger partial charge in [0.05, 0.1) is 6.54 Å². The van der Waals surface area contributed by atoms with Crippen LogP contribution in [0.4, 0.5) is 0 Å². The highest BCUT2D eigenvalue weighted by Gasteiger charge is 2.27. The smallest absolute Gasteiger partial charge is 0.192 e. The summed E-state index contributed by atoms with van der Waals surface area (Å²) in [6, 6.07) is 3.60. The van der Waals surface area contributed by atoms with Gasteiger partial charge in [0.1, 0.15) is 29.5 Å². The fraction of sp³-hybridized carbons (Fsp3) is 0.471. The van der Waals surface area contributed by atoms with Gasteiger partial charge < -0.3 is 24.7 Å². The SMILES string of the molecule is C=CCNC(=NCc1nnc(C)n1C)NCC(C)(O)c1ccc(C)o1.I. The number of hydrogen-bond donors (Lipinski definition) is 3. The van der Waals surface area contributed by atoms with Gasteiger partial charge in [0, 0.05) is 13.6 Å². The number of guanidine groups is 1. The second kappa shape index (κ2) is 9.72. The molecule has 0 aliphatic heterocycles. The van der Waals surface area contributed by atoms with E-state index in [9.17, 15) is 5.11 Å². The van der Waals surface area contributed by atoms with Crippen LogP contribution in [-0.2, 0) is 19.2 Å². The molecule has 0 aromatic carbocycles. The van der Waals surface area contributed by atoms with Crippen LogP contribution < -0.4 is 10.6 Å². The highest BCUT2D eigenvalue weighted by molar-refractivity contribution is 14.0. The van der Waals surface area contributed by atoms with Gasteiger partial charge >= 0.3 is 0 Å². The van der Waals surface area contributed by atoms with Gasteiger partial charge in [-0.1, -0.05) is 6.08 Å². The van der Waals surface area contributed by atoms with Gasteiger partial charge in [-0.3, -0.25) is 0 Å². The molecule has 8 nitrogen and oxygen atoms in total. The second-order valence-corrected chi connectivity index (χ2v) is 6.09. The van der Waals surface area contributed by atoms with Crippen molar-refractivity contribution in [3.63, 3.8) is 0 Å². The Labute approximate surface area is 170 Å². The van der Waals surface area contributed by atoms with Crippen molar-refractivity contribution in [2.75, 3.05) is 13.1 Å². The largest absolute Gasteiger partial charge is 0.463 e. The summed E-state index contributed by atoms with van der Waals surface area (Å²) in [6.45, 7) is 10.3. The third-order valence-corrected chi connectivity index (χ3v) is 3.85. The number of halogens is 1. The number of hydrogen-bond acceptors (Lipinski definition) is 5. The zero-order chi connectivity index (χ0) is 18.4. The third-order valence-electron chi connectivity index (χ3n) is 3.85. The Balaban J connectivity index is 0.00000338. The van der Waals surface area contributed by atoms with E-state index in [0.29, 0.717) is 24.8 Å². The summed E-state index contributed by atoms with van der Waals surface area (Å²) in [6.07, 6.45) is 1.73. The first-order valence-corrected chi connectivity index (χ1v) is 8.10. The van der Waals surface area contributed by atoms with Gasteiger partial charge in [-0.25, -0.2) is 4.99 Å². The van der Waals surface area contributed by atoms with E-state index in [0.717, 1.165) is 17.4 Å². The summed E-state index contributed by atoms with van der Waals surface area (Å²) in [5.41, 5.74) is -1.16. The Morgan fingerprint density at radius 1 is 1.38 bits per heavy atom. The number of rotatable bonds is 7. The van der Waals surface area contributed by atoms with Crippen LogP contribution in [0, 0.1) is 13.8 Å². The monoisotopic (exact) mass is 474 g/mol. The zero-order valence-corrected chi connectivity index (χ0v) is 17.9. The standard InChI is InChI=1S/C17H26N6O2.HI/c1-6-9-18-16(19-10-15-22-21-13(3)23(15)5)20-11-17(4,24)14-8-7-12(2)25-14;/h6-8,24H,1,9-11H2,2-5H3,(H2,18,19,20);1H. The van der Waals surface area contributed by atoms with E-state index in [1.54, 1.807) is 19.1 Å². The molecule has 2 heterocycles. The van der Waals surface area contributed by atoms with Crippen molar-refractivity contribution in [3.8, 4) is 0 Å². The fourth-order valence-electron chi connectivity index (χ4n) is 2.15. The van der Waals surface area contributed by atoms with Gasteiger partial charge in [0.2, 0.25) is 0 Å². The average molecular weight is 474 g/mol. The van der Waals surface area contributed by atoms with Crippen LogP contribution in [0.15, 0.2) is 34.2 Å². The van der Waals surface area contributed by atoms with E-state index in [1.165, 1.54) is 0 Å². The maximum absolute atomic E-state index is 10.6. The summed E-state index contributed by atoms with van der Waals surface area (Å²) in [5.74, 6) is 3.39. The second-order valence-electron chi connectivity index (χ2n) is 6.09.